The number of amides is 1. The number of ketones is 2. The van der Waals surface area contributed by atoms with Gasteiger partial charge in [-0.25, -0.2) is 4.79 Å². The zero-order chi connectivity index (χ0) is 48.2. The van der Waals surface area contributed by atoms with Crippen molar-refractivity contribution in [3.63, 3.8) is 0 Å². The predicted molar refractivity (Wildman–Crippen MR) is 248 cm³/mol. The number of piperidine rings is 1. The second kappa shape index (κ2) is 25.1. The van der Waals surface area contributed by atoms with Gasteiger partial charge in [-0.05, 0) is 113 Å². The third-order valence-corrected chi connectivity index (χ3v) is 14.6. The minimum atomic E-state index is -2.42. The highest BCUT2D eigenvalue weighted by atomic mass is 16.6. The summed E-state index contributed by atoms with van der Waals surface area (Å²) in [7, 11) is 4.62. The summed E-state index contributed by atoms with van der Waals surface area (Å²) in [5.41, 5.74) is 1.61. The normalized spacial score (nSPS) is 39.1. The zero-order valence-electron chi connectivity index (χ0n) is 40.7. The van der Waals surface area contributed by atoms with Crippen LogP contribution in [-0.2, 0) is 42.9 Å². The van der Waals surface area contributed by atoms with Crippen LogP contribution in [-0.4, -0.2) is 132 Å². The summed E-state index contributed by atoms with van der Waals surface area (Å²) in [6, 6.07) is -1.13. The maximum atomic E-state index is 14.4. The number of Topliss-reactive ketones (excluding diaryl/α,β-unsaturated/α-hetero) is 2. The Morgan fingerprint density at radius 1 is 0.877 bits per heavy atom. The maximum absolute atomic E-state index is 14.4. The third kappa shape index (κ3) is 14.3. The molecule has 65 heavy (non-hydrogen) atoms. The highest BCUT2D eigenvalue weighted by molar-refractivity contribution is 6.39. The number of carbonyl (C=O) groups excluding carboxylic acids is 4. The highest BCUT2D eigenvalue weighted by Gasteiger charge is 2.53. The van der Waals surface area contributed by atoms with Crippen molar-refractivity contribution in [1.82, 2.24) is 4.90 Å². The first kappa shape index (κ1) is 54.2. The van der Waals surface area contributed by atoms with E-state index in [1.54, 1.807) is 41.1 Å². The van der Waals surface area contributed by atoms with Crippen molar-refractivity contribution >= 4 is 29.2 Å². The molecule has 0 aromatic heterocycles. The van der Waals surface area contributed by atoms with Gasteiger partial charge in [-0.2, -0.15) is 0 Å². The lowest BCUT2D eigenvalue weighted by molar-refractivity contribution is -0.265. The first-order valence-electron chi connectivity index (χ1n) is 24.0. The van der Waals surface area contributed by atoms with E-state index in [1.807, 2.05) is 45.1 Å². The van der Waals surface area contributed by atoms with Crippen LogP contribution >= 0.6 is 0 Å². The fraction of sp³-hybridized carbons (Fsp3) is 0.745. The van der Waals surface area contributed by atoms with Gasteiger partial charge in [0.15, 0.2) is 0 Å². The Hall–Kier alpha value is -3.37. The van der Waals surface area contributed by atoms with E-state index in [0.717, 1.165) is 12.0 Å². The molecular weight excluding hydrogens is 833 g/mol. The molecular formula is C51H80N2O12. The number of cyclic esters (lactones) is 1. The van der Waals surface area contributed by atoms with Crippen molar-refractivity contribution in [2.75, 3.05) is 27.9 Å². The second-order valence-electron chi connectivity index (χ2n) is 19.6. The van der Waals surface area contributed by atoms with Crippen LogP contribution in [0.3, 0.4) is 0 Å². The largest absolute Gasteiger partial charge is 0.460 e. The number of nitrogens with one attached hydrogen (secondary N) is 1. The van der Waals surface area contributed by atoms with E-state index >= 15 is 0 Å². The van der Waals surface area contributed by atoms with E-state index in [0.29, 0.717) is 63.4 Å². The SMILES string of the molecule is CO[C@H]1C[C@@H]2CC[C@@H](C)[C@@](O)(O2)C(=O)C(=O)N2CCCC[C@H]2C(=O)O[C@H]([C@H](C)C[C@@H]2CC[C@@H](O)[C@H](OC)C2)CC(=O)[C@H](C)/C=C(\C)[C@@H](O)[C@@H](OC)C(=N)[C@H](C)C[C@H](C)/C=C/C=CC=C1C. The summed E-state index contributed by atoms with van der Waals surface area (Å²) in [5, 5.41) is 42.9. The molecule has 14 nitrogen and oxygen atoms in total. The number of aliphatic hydroxyl groups is 3. The number of ether oxygens (including phenoxy) is 5. The zero-order valence-corrected chi connectivity index (χ0v) is 40.7. The highest BCUT2D eigenvalue weighted by Crippen LogP contribution is 2.38. The smallest absolute Gasteiger partial charge is 0.329 e. The van der Waals surface area contributed by atoms with Gasteiger partial charge in [0.2, 0.25) is 5.79 Å². The predicted octanol–water partition coefficient (Wildman–Crippen LogP) is 6.63. The van der Waals surface area contributed by atoms with Crippen LogP contribution in [0.4, 0.5) is 0 Å². The summed E-state index contributed by atoms with van der Waals surface area (Å²) in [4.78, 5) is 58.2. The molecule has 0 unspecified atom stereocenters. The number of hydrogen-bond donors (Lipinski definition) is 4. The summed E-state index contributed by atoms with van der Waals surface area (Å²) < 4.78 is 29.5. The number of rotatable bonds is 6. The molecule has 3 heterocycles. The van der Waals surface area contributed by atoms with Crippen LogP contribution < -0.4 is 0 Å². The number of methoxy groups -OCH3 is 3. The van der Waals surface area contributed by atoms with Gasteiger partial charge in [0.1, 0.15) is 30.1 Å². The number of hydrogen-bond acceptors (Lipinski definition) is 13. The Labute approximate surface area is 387 Å². The Morgan fingerprint density at radius 2 is 1.60 bits per heavy atom. The Balaban J connectivity index is 1.70. The van der Waals surface area contributed by atoms with Crippen LogP contribution in [0.25, 0.3) is 0 Å². The van der Waals surface area contributed by atoms with Gasteiger partial charge < -0.3 is 49.3 Å². The van der Waals surface area contributed by atoms with Crippen LogP contribution in [0.15, 0.2) is 47.6 Å². The van der Waals surface area contributed by atoms with Gasteiger partial charge in [-0.3, -0.25) is 14.4 Å². The molecule has 15 atom stereocenters. The molecule has 366 valence electrons. The average molecular weight is 913 g/mol. The molecule has 0 radical (unpaired) electrons. The Morgan fingerprint density at radius 3 is 2.28 bits per heavy atom. The average Bonchev–Trinajstić information content (AvgIpc) is 3.28. The van der Waals surface area contributed by atoms with Crippen LogP contribution in [0.2, 0.25) is 0 Å². The molecule has 3 aliphatic heterocycles. The molecule has 2 bridgehead atoms. The molecule has 14 heteroatoms. The van der Waals surface area contributed by atoms with Gasteiger partial charge in [-0.15, -0.1) is 0 Å². The van der Waals surface area contributed by atoms with Gasteiger partial charge in [-0.1, -0.05) is 71.1 Å². The number of allylic oxidation sites excluding steroid dienone is 6. The number of nitrogens with zero attached hydrogens (tertiary/aromatic N) is 1. The number of carbonyl (C=O) groups is 4. The lowest BCUT2D eigenvalue weighted by Crippen LogP contribution is -2.61. The number of fused-ring (bicyclic) bond motifs is 3. The van der Waals surface area contributed by atoms with Gasteiger partial charge in [0.05, 0.1) is 24.4 Å². The van der Waals surface area contributed by atoms with E-state index in [9.17, 15) is 34.5 Å². The number of esters is 1. The van der Waals surface area contributed by atoms with E-state index < -0.39 is 77.9 Å². The topological polar surface area (TPSA) is 202 Å². The summed E-state index contributed by atoms with van der Waals surface area (Å²) in [6.07, 6.45) is 12.1. The second-order valence-corrected chi connectivity index (χ2v) is 19.6. The standard InChI is InChI=1S/C51H80N2O12/c1-30-16-12-11-13-17-31(2)42(61-8)28-38-21-19-36(7)51(60,65-38)48(57)49(58)53-23-15-14-18-39(53)50(59)64-43(33(4)26-37-20-22-40(54)44(27-37)62-9)29-41(55)32(3)25-35(6)46(56)47(63-10)45(52)34(5)24-30/h11-13,16-17,25,30,32-34,36-40,42-44,46-47,52,54,56,60H,14-15,18-24,26-29H2,1-10H3/b13-11?,16-12+,31-17?,35-25+,52-45?/t30-,32-,33-,34-,36-,37+,38+,39+,40-,42+,43+,44-,46-,47+,51-/m1/s1. The van der Waals surface area contributed by atoms with Crippen molar-refractivity contribution in [2.24, 2.45) is 35.5 Å². The fourth-order valence-corrected chi connectivity index (χ4v) is 10.2. The minimum absolute atomic E-state index is 0.0969. The van der Waals surface area contributed by atoms with Gasteiger partial charge >= 0.3 is 5.97 Å². The van der Waals surface area contributed by atoms with Crippen LogP contribution in [0, 0.1) is 40.9 Å². The van der Waals surface area contributed by atoms with Gasteiger partial charge in [0, 0.05) is 58.3 Å². The molecule has 0 aromatic carbocycles. The molecule has 1 aliphatic carbocycles. The van der Waals surface area contributed by atoms with Crippen molar-refractivity contribution in [2.45, 2.75) is 180 Å². The van der Waals surface area contributed by atoms with E-state index in [4.69, 9.17) is 29.1 Å². The molecule has 2 saturated heterocycles. The first-order chi connectivity index (χ1) is 30.7. The van der Waals surface area contributed by atoms with E-state index in [2.05, 4.69) is 13.0 Å². The first-order valence-corrected chi connectivity index (χ1v) is 24.0. The quantitative estimate of drug-likeness (QED) is 0.126. The molecule has 4 aliphatic rings. The molecule has 0 spiro atoms. The summed E-state index contributed by atoms with van der Waals surface area (Å²) in [5.74, 6) is -7.26. The molecule has 1 amide bonds. The number of aliphatic hydroxyl groups excluding tert-OH is 2. The summed E-state index contributed by atoms with van der Waals surface area (Å²) in [6.45, 7) is 13.1. The van der Waals surface area contributed by atoms with Gasteiger partial charge in [0.25, 0.3) is 11.7 Å². The van der Waals surface area contributed by atoms with Crippen LogP contribution in [0.5, 0.6) is 0 Å². The molecule has 3 fully saturated rings. The molecule has 4 N–H and O–H groups in total. The van der Waals surface area contributed by atoms with E-state index in [-0.39, 0.29) is 60.7 Å². The maximum Gasteiger partial charge on any atom is 0.329 e. The third-order valence-electron chi connectivity index (χ3n) is 14.6. The summed E-state index contributed by atoms with van der Waals surface area (Å²) >= 11 is 0. The van der Waals surface area contributed by atoms with E-state index in [1.165, 1.54) is 12.0 Å². The van der Waals surface area contributed by atoms with Crippen LogP contribution in [0.1, 0.15) is 126 Å². The molecule has 0 aromatic rings. The monoisotopic (exact) mass is 913 g/mol. The molecule has 1 saturated carbocycles. The van der Waals surface area contributed by atoms with Crippen molar-refractivity contribution < 1.29 is 58.2 Å². The fourth-order valence-electron chi connectivity index (χ4n) is 10.2. The Kier molecular flexibility index (Phi) is 21.0. The van der Waals surface area contributed by atoms with Crippen molar-refractivity contribution in [3.05, 3.63) is 47.6 Å². The minimum Gasteiger partial charge on any atom is -0.460 e. The lowest BCUT2D eigenvalue weighted by atomic mass is 9.78. The molecule has 4 rings (SSSR count). The van der Waals surface area contributed by atoms with Crippen molar-refractivity contribution in [3.8, 4) is 0 Å². The lowest BCUT2D eigenvalue weighted by Gasteiger charge is -2.42. The van der Waals surface area contributed by atoms with Crippen molar-refractivity contribution in [1.29, 1.82) is 5.41 Å². The Bertz CT molecular complexity index is 1760.